The third kappa shape index (κ3) is 5.47. The maximum atomic E-state index is 15.7. The van der Waals surface area contributed by atoms with Crippen molar-refractivity contribution in [1.82, 2.24) is 0 Å². The monoisotopic (exact) mass is 434 g/mol. The number of methoxy groups -OCH3 is 2. The highest BCUT2D eigenvalue weighted by molar-refractivity contribution is 6.55. The molecule has 0 spiro atoms. The highest BCUT2D eigenvalue weighted by atomic mass is 19.4. The molecule has 0 N–H and O–H groups in total. The Morgan fingerprint density at radius 1 is 1.00 bits per heavy atom. The molecule has 1 aromatic rings. The summed E-state index contributed by atoms with van der Waals surface area (Å²) in [5, 5.41) is 0. The smallest absolute Gasteiger partial charge is 0.496 e. The van der Waals surface area contributed by atoms with Gasteiger partial charge in [-0.15, -0.1) is 0 Å². The Morgan fingerprint density at radius 3 is 1.93 bits per heavy atom. The van der Waals surface area contributed by atoms with Gasteiger partial charge in [0, 0.05) is 0 Å². The molecule has 0 aromatic heterocycles. The van der Waals surface area contributed by atoms with Crippen LogP contribution < -0.4 is 9.47 Å². The lowest BCUT2D eigenvalue weighted by Gasteiger charge is -2.32. The highest BCUT2D eigenvalue weighted by Gasteiger charge is 2.53. The van der Waals surface area contributed by atoms with Crippen LogP contribution in [0.2, 0.25) is 0 Å². The van der Waals surface area contributed by atoms with E-state index in [1.54, 1.807) is 45.9 Å². The summed E-state index contributed by atoms with van der Waals surface area (Å²) in [5.41, 5.74) is -2.06. The van der Waals surface area contributed by atoms with Crippen LogP contribution in [0.4, 0.5) is 17.6 Å². The summed E-state index contributed by atoms with van der Waals surface area (Å²) in [6, 6.07) is 4.86. The fourth-order valence-corrected chi connectivity index (χ4v) is 2.96. The van der Waals surface area contributed by atoms with Crippen molar-refractivity contribution in [3.8, 4) is 11.5 Å². The summed E-state index contributed by atoms with van der Waals surface area (Å²) in [4.78, 5) is 0. The molecule has 1 heterocycles. The van der Waals surface area contributed by atoms with Gasteiger partial charge < -0.3 is 23.5 Å². The van der Waals surface area contributed by atoms with Gasteiger partial charge in [0.1, 0.15) is 23.8 Å². The largest absolute Gasteiger partial charge is 0.525 e. The highest BCUT2D eigenvalue weighted by Crippen LogP contribution is 2.43. The number of alkyl halides is 3. The zero-order valence-electron chi connectivity index (χ0n) is 18.0. The Hall–Kier alpha value is -1.78. The van der Waals surface area contributed by atoms with Crippen LogP contribution in [0.3, 0.4) is 0 Å². The predicted octanol–water partition coefficient (Wildman–Crippen LogP) is 4.98. The van der Waals surface area contributed by atoms with E-state index in [9.17, 15) is 13.2 Å². The van der Waals surface area contributed by atoms with Crippen LogP contribution in [0, 0.1) is 0 Å². The second-order valence-electron chi connectivity index (χ2n) is 7.87. The molecule has 10 heteroatoms. The van der Waals surface area contributed by atoms with Crippen molar-refractivity contribution in [2.45, 2.75) is 51.5 Å². The van der Waals surface area contributed by atoms with Crippen molar-refractivity contribution < 1.29 is 41.1 Å². The van der Waals surface area contributed by atoms with E-state index in [1.165, 1.54) is 14.2 Å². The Bertz CT molecular complexity index is 739. The van der Waals surface area contributed by atoms with Gasteiger partial charge in [0.15, 0.2) is 0 Å². The molecule has 168 valence electrons. The van der Waals surface area contributed by atoms with Gasteiger partial charge >= 0.3 is 13.3 Å². The first-order chi connectivity index (χ1) is 13.8. The minimum absolute atomic E-state index is 0.0324. The molecule has 1 aliphatic heterocycles. The summed E-state index contributed by atoms with van der Waals surface area (Å²) in [5.74, 6) is 0.596. The zero-order valence-corrected chi connectivity index (χ0v) is 18.0. The van der Waals surface area contributed by atoms with Gasteiger partial charge in [-0.2, -0.15) is 13.2 Å². The molecule has 1 aliphatic rings. The molecule has 1 fully saturated rings. The lowest BCUT2D eigenvalue weighted by Crippen LogP contribution is -2.41. The number of ether oxygens (including phenoxy) is 3. The summed E-state index contributed by atoms with van der Waals surface area (Å²) < 4.78 is 79.9. The molecule has 1 aromatic carbocycles. The summed E-state index contributed by atoms with van der Waals surface area (Å²) in [6.07, 6.45) is -4.65. The molecule has 0 saturated carbocycles. The third-order valence-electron chi connectivity index (χ3n) is 5.24. The van der Waals surface area contributed by atoms with E-state index in [0.29, 0.717) is 11.5 Å². The summed E-state index contributed by atoms with van der Waals surface area (Å²) >= 11 is 0. The fourth-order valence-electron chi connectivity index (χ4n) is 2.96. The molecule has 0 unspecified atom stereocenters. The van der Waals surface area contributed by atoms with Gasteiger partial charge in [-0.05, 0) is 51.8 Å². The van der Waals surface area contributed by atoms with Gasteiger partial charge in [0.05, 0.1) is 37.6 Å². The van der Waals surface area contributed by atoms with Crippen LogP contribution in [0.25, 0.3) is 5.57 Å². The fraction of sp³-hybridized carbons (Fsp3) is 0.600. The van der Waals surface area contributed by atoms with Crippen LogP contribution in [-0.2, 0) is 14.0 Å². The summed E-state index contributed by atoms with van der Waals surface area (Å²) in [6.45, 7) is 5.29. The summed E-state index contributed by atoms with van der Waals surface area (Å²) in [7, 11) is 1.48. The number of halogens is 4. The Labute approximate surface area is 174 Å². The molecule has 0 amide bonds. The third-order valence-corrected chi connectivity index (χ3v) is 5.24. The molecule has 1 saturated heterocycles. The molecule has 5 nitrogen and oxygen atoms in total. The van der Waals surface area contributed by atoms with Gasteiger partial charge in [0.25, 0.3) is 0 Å². The molecule has 0 aliphatic carbocycles. The molecule has 0 atom stereocenters. The SMILES string of the molecule is COc1cccc(OC)c1C(CCOCC(F)(F)F)=C(F)B1OC(C)(C)C(C)(C)O1. The van der Waals surface area contributed by atoms with Crippen molar-refractivity contribution in [1.29, 1.82) is 0 Å². The average Bonchev–Trinajstić information content (AvgIpc) is 2.87. The molecule has 0 bridgehead atoms. The quantitative estimate of drug-likeness (QED) is 0.328. The van der Waals surface area contributed by atoms with E-state index in [4.69, 9.17) is 23.5 Å². The minimum atomic E-state index is -4.48. The number of hydrogen-bond acceptors (Lipinski definition) is 5. The normalized spacial score (nSPS) is 18.9. The van der Waals surface area contributed by atoms with Crippen LogP contribution in [0.1, 0.15) is 39.7 Å². The van der Waals surface area contributed by atoms with E-state index in [2.05, 4.69) is 0 Å². The van der Waals surface area contributed by atoms with Gasteiger partial charge in [-0.3, -0.25) is 0 Å². The lowest BCUT2D eigenvalue weighted by atomic mass is 9.81. The Balaban J connectivity index is 2.46. The van der Waals surface area contributed by atoms with E-state index < -0.39 is 36.8 Å². The second-order valence-corrected chi connectivity index (χ2v) is 7.87. The number of hydrogen-bond donors (Lipinski definition) is 0. The molecule has 2 rings (SSSR count). The molecule has 0 radical (unpaired) electrons. The van der Waals surface area contributed by atoms with Crippen molar-refractivity contribution in [2.75, 3.05) is 27.4 Å². The van der Waals surface area contributed by atoms with E-state index in [-0.39, 0.29) is 24.2 Å². The van der Waals surface area contributed by atoms with E-state index in [0.717, 1.165) is 0 Å². The van der Waals surface area contributed by atoms with Crippen molar-refractivity contribution >= 4 is 12.7 Å². The molecular weight excluding hydrogens is 407 g/mol. The van der Waals surface area contributed by atoms with Crippen LogP contribution >= 0.6 is 0 Å². The van der Waals surface area contributed by atoms with Gasteiger partial charge in [-0.1, -0.05) is 6.07 Å². The van der Waals surface area contributed by atoms with Gasteiger partial charge in [-0.25, -0.2) is 4.39 Å². The van der Waals surface area contributed by atoms with Crippen LogP contribution in [0.5, 0.6) is 11.5 Å². The zero-order chi connectivity index (χ0) is 22.7. The second kappa shape index (κ2) is 9.15. The van der Waals surface area contributed by atoms with E-state index >= 15 is 4.39 Å². The topological polar surface area (TPSA) is 46.2 Å². The minimum Gasteiger partial charge on any atom is -0.496 e. The van der Waals surface area contributed by atoms with Crippen molar-refractivity contribution in [3.05, 3.63) is 29.5 Å². The maximum Gasteiger partial charge on any atom is 0.525 e. The number of rotatable bonds is 8. The standard InChI is InChI=1S/C20H27BF4O5/c1-18(2)19(3,4)30-21(29-18)17(22)13(10-11-28-12-20(23,24)25)16-14(26-5)8-7-9-15(16)27-6/h7-9H,10-12H2,1-6H3. The lowest BCUT2D eigenvalue weighted by molar-refractivity contribution is -0.173. The molecular formula is C20H27BF4O5. The van der Waals surface area contributed by atoms with Crippen molar-refractivity contribution in [2.24, 2.45) is 0 Å². The van der Waals surface area contributed by atoms with Crippen molar-refractivity contribution in [3.63, 3.8) is 0 Å². The first kappa shape index (κ1) is 24.5. The Kier molecular flexibility index (Phi) is 7.47. The molecule has 30 heavy (non-hydrogen) atoms. The predicted molar refractivity (Wildman–Crippen MR) is 105 cm³/mol. The maximum absolute atomic E-state index is 15.7. The first-order valence-corrected chi connectivity index (χ1v) is 9.43. The van der Waals surface area contributed by atoms with Gasteiger partial charge in [0.2, 0.25) is 0 Å². The number of benzene rings is 1. The van der Waals surface area contributed by atoms with E-state index in [1.807, 2.05) is 0 Å². The van der Waals surface area contributed by atoms with Crippen LogP contribution in [-0.4, -0.2) is 51.9 Å². The first-order valence-electron chi connectivity index (χ1n) is 9.43. The average molecular weight is 434 g/mol. The Morgan fingerprint density at radius 2 is 1.50 bits per heavy atom. The van der Waals surface area contributed by atoms with Crippen LogP contribution in [0.15, 0.2) is 23.9 Å².